The first-order chi connectivity index (χ1) is 6.11. The Morgan fingerprint density at radius 1 is 1.15 bits per heavy atom. The molecular weight excluding hydrogens is 166 g/mol. The maximum absolute atomic E-state index is 9.31. The summed E-state index contributed by atoms with van der Waals surface area (Å²) in [5, 5.41) is 18.5. The van der Waals surface area contributed by atoms with Gasteiger partial charge in [0.2, 0.25) is 0 Å². The minimum absolute atomic E-state index is 0.470. The van der Waals surface area contributed by atoms with E-state index in [-0.39, 0.29) is 0 Å². The van der Waals surface area contributed by atoms with Crippen LogP contribution in [0.1, 0.15) is 34.1 Å². The normalized spacial score (nSPS) is 29.8. The lowest BCUT2D eigenvalue weighted by atomic mass is 10.0. The van der Waals surface area contributed by atoms with Gasteiger partial charge in [0.15, 0.2) is 0 Å². The molecule has 3 heteroatoms. The summed E-state index contributed by atoms with van der Waals surface area (Å²) >= 11 is 0. The fourth-order valence-electron chi connectivity index (χ4n) is 1.41. The van der Waals surface area contributed by atoms with Crippen LogP contribution in [0.25, 0.3) is 0 Å². The van der Waals surface area contributed by atoms with E-state index in [2.05, 4.69) is 18.7 Å². The molecule has 80 valence electrons. The van der Waals surface area contributed by atoms with Gasteiger partial charge in [0.05, 0.1) is 12.2 Å². The van der Waals surface area contributed by atoms with E-state index >= 15 is 0 Å². The van der Waals surface area contributed by atoms with Crippen LogP contribution in [0, 0.1) is 0 Å². The molecule has 0 amide bonds. The van der Waals surface area contributed by atoms with Gasteiger partial charge in [-0.15, -0.1) is 0 Å². The average molecular weight is 189 g/mol. The standard InChI is InChI=1S/C8H17NO2.C2H6/c1-6(2)9-4-3-7(10)8(11)5-9;1-2/h6-8,10-11H,3-5H2,1-2H3;1-2H3. The van der Waals surface area contributed by atoms with Crippen LogP contribution in [0.2, 0.25) is 0 Å². The number of rotatable bonds is 1. The number of aliphatic hydroxyl groups is 2. The molecular formula is C10H23NO2. The third kappa shape index (κ3) is 4.07. The molecule has 0 bridgehead atoms. The first kappa shape index (κ1) is 12.9. The van der Waals surface area contributed by atoms with Gasteiger partial charge in [-0.2, -0.15) is 0 Å². The number of likely N-dealkylation sites (tertiary alicyclic amines) is 1. The van der Waals surface area contributed by atoms with Crippen LogP contribution < -0.4 is 0 Å². The van der Waals surface area contributed by atoms with Crippen molar-refractivity contribution < 1.29 is 10.2 Å². The van der Waals surface area contributed by atoms with Gasteiger partial charge in [0.25, 0.3) is 0 Å². The van der Waals surface area contributed by atoms with Gasteiger partial charge in [-0.1, -0.05) is 13.8 Å². The average Bonchev–Trinajstić information content (AvgIpc) is 2.13. The summed E-state index contributed by atoms with van der Waals surface area (Å²) in [6, 6.07) is 0.470. The lowest BCUT2D eigenvalue weighted by Crippen LogP contribution is -2.49. The summed E-state index contributed by atoms with van der Waals surface area (Å²) in [6.45, 7) is 9.71. The van der Waals surface area contributed by atoms with Gasteiger partial charge >= 0.3 is 0 Å². The van der Waals surface area contributed by atoms with Gasteiger partial charge in [-0.25, -0.2) is 0 Å². The predicted molar refractivity (Wildman–Crippen MR) is 54.7 cm³/mol. The van der Waals surface area contributed by atoms with E-state index < -0.39 is 12.2 Å². The third-order valence-corrected chi connectivity index (χ3v) is 2.31. The molecule has 1 fully saturated rings. The Labute approximate surface area is 81.4 Å². The molecule has 3 nitrogen and oxygen atoms in total. The highest BCUT2D eigenvalue weighted by molar-refractivity contribution is 4.80. The zero-order chi connectivity index (χ0) is 10.4. The first-order valence-corrected chi connectivity index (χ1v) is 5.21. The number of β-amino-alcohol motifs (C(OH)–C–C–N with tert-alkyl or cyclic N) is 1. The second-order valence-electron chi connectivity index (χ2n) is 3.51. The third-order valence-electron chi connectivity index (χ3n) is 2.31. The fraction of sp³-hybridized carbons (Fsp3) is 1.00. The molecule has 0 spiro atoms. The van der Waals surface area contributed by atoms with Crippen molar-refractivity contribution in [2.24, 2.45) is 0 Å². The lowest BCUT2D eigenvalue weighted by Gasteiger charge is -2.35. The Bertz CT molecular complexity index is 128. The SMILES string of the molecule is CC.CC(C)N1CCC(O)C(O)C1. The quantitative estimate of drug-likeness (QED) is 0.642. The summed E-state index contributed by atoms with van der Waals surface area (Å²) in [5.41, 5.74) is 0. The second kappa shape index (κ2) is 6.35. The molecule has 1 rings (SSSR count). The highest BCUT2D eigenvalue weighted by atomic mass is 16.3. The zero-order valence-corrected chi connectivity index (χ0v) is 9.20. The van der Waals surface area contributed by atoms with Gasteiger partial charge in [-0.05, 0) is 20.3 Å². The Kier molecular flexibility index (Phi) is 6.29. The van der Waals surface area contributed by atoms with E-state index in [0.29, 0.717) is 19.0 Å². The largest absolute Gasteiger partial charge is 0.390 e. The highest BCUT2D eigenvalue weighted by Crippen LogP contribution is 2.12. The number of hydrogen-bond donors (Lipinski definition) is 2. The van der Waals surface area contributed by atoms with Crippen molar-refractivity contribution in [3.63, 3.8) is 0 Å². The second-order valence-corrected chi connectivity index (χ2v) is 3.51. The molecule has 0 saturated carbocycles. The van der Waals surface area contributed by atoms with Gasteiger partial charge in [0, 0.05) is 19.1 Å². The van der Waals surface area contributed by atoms with Crippen LogP contribution in [0.4, 0.5) is 0 Å². The van der Waals surface area contributed by atoms with Gasteiger partial charge in [0.1, 0.15) is 0 Å². The van der Waals surface area contributed by atoms with Crippen molar-refractivity contribution in [3.05, 3.63) is 0 Å². The van der Waals surface area contributed by atoms with Crippen LogP contribution in [-0.2, 0) is 0 Å². The molecule has 13 heavy (non-hydrogen) atoms. The number of nitrogens with zero attached hydrogens (tertiary/aromatic N) is 1. The Morgan fingerprint density at radius 2 is 1.69 bits per heavy atom. The number of hydrogen-bond acceptors (Lipinski definition) is 3. The lowest BCUT2D eigenvalue weighted by molar-refractivity contribution is -0.0456. The van der Waals surface area contributed by atoms with E-state index in [1.807, 2.05) is 13.8 Å². The van der Waals surface area contributed by atoms with Crippen molar-refractivity contribution >= 4 is 0 Å². The molecule has 0 radical (unpaired) electrons. The van der Waals surface area contributed by atoms with E-state index in [4.69, 9.17) is 0 Å². The molecule has 1 saturated heterocycles. The fourth-order valence-corrected chi connectivity index (χ4v) is 1.41. The van der Waals surface area contributed by atoms with Crippen LogP contribution in [0.5, 0.6) is 0 Å². The molecule has 0 aromatic rings. The summed E-state index contributed by atoms with van der Waals surface area (Å²) in [4.78, 5) is 2.18. The van der Waals surface area contributed by atoms with Gasteiger partial charge < -0.3 is 10.2 Å². The monoisotopic (exact) mass is 189 g/mol. The zero-order valence-electron chi connectivity index (χ0n) is 9.20. The molecule has 0 aromatic heterocycles. The van der Waals surface area contributed by atoms with Crippen molar-refractivity contribution in [1.82, 2.24) is 4.90 Å². The number of piperidine rings is 1. The summed E-state index contributed by atoms with van der Waals surface area (Å²) in [7, 11) is 0. The molecule has 2 atom stereocenters. The molecule has 1 aliphatic rings. The van der Waals surface area contributed by atoms with E-state index in [1.165, 1.54) is 0 Å². The molecule has 2 unspecified atom stereocenters. The first-order valence-electron chi connectivity index (χ1n) is 5.21. The minimum Gasteiger partial charge on any atom is -0.390 e. The van der Waals surface area contributed by atoms with Crippen LogP contribution in [0.15, 0.2) is 0 Å². The summed E-state index contributed by atoms with van der Waals surface area (Å²) in [6.07, 6.45) is -0.365. The highest BCUT2D eigenvalue weighted by Gasteiger charge is 2.26. The molecule has 2 N–H and O–H groups in total. The van der Waals surface area contributed by atoms with E-state index in [0.717, 1.165) is 6.54 Å². The summed E-state index contributed by atoms with van der Waals surface area (Å²) in [5.74, 6) is 0. The Morgan fingerprint density at radius 3 is 2.08 bits per heavy atom. The van der Waals surface area contributed by atoms with Crippen LogP contribution >= 0.6 is 0 Å². The van der Waals surface area contributed by atoms with Crippen molar-refractivity contribution in [2.45, 2.75) is 52.4 Å². The minimum atomic E-state index is -0.550. The number of aliphatic hydroxyl groups excluding tert-OH is 2. The van der Waals surface area contributed by atoms with Crippen molar-refractivity contribution in [1.29, 1.82) is 0 Å². The van der Waals surface area contributed by atoms with Crippen molar-refractivity contribution in [3.8, 4) is 0 Å². The van der Waals surface area contributed by atoms with E-state index in [1.54, 1.807) is 0 Å². The molecule has 0 aromatic carbocycles. The van der Waals surface area contributed by atoms with Gasteiger partial charge in [-0.3, -0.25) is 4.90 Å². The van der Waals surface area contributed by atoms with Crippen molar-refractivity contribution in [2.75, 3.05) is 13.1 Å². The maximum atomic E-state index is 9.31. The predicted octanol–water partition coefficient (Wildman–Crippen LogP) is 0.849. The van der Waals surface area contributed by atoms with Crippen LogP contribution in [0.3, 0.4) is 0 Å². The molecule has 1 heterocycles. The smallest absolute Gasteiger partial charge is 0.0926 e. The Hall–Kier alpha value is -0.120. The topological polar surface area (TPSA) is 43.7 Å². The maximum Gasteiger partial charge on any atom is 0.0926 e. The Balaban J connectivity index is 0.000000671. The summed E-state index contributed by atoms with van der Waals surface area (Å²) < 4.78 is 0. The van der Waals surface area contributed by atoms with E-state index in [9.17, 15) is 10.2 Å². The molecule has 0 aliphatic carbocycles. The molecule has 1 aliphatic heterocycles. The van der Waals surface area contributed by atoms with Crippen LogP contribution in [-0.4, -0.2) is 46.5 Å².